The van der Waals surface area contributed by atoms with Crippen molar-refractivity contribution in [3.8, 4) is 5.75 Å². The Hall–Kier alpha value is -0.910. The first-order valence-corrected chi connectivity index (χ1v) is 7.92. The lowest BCUT2D eigenvalue weighted by atomic mass is 10.2. The molecule has 20 heavy (non-hydrogen) atoms. The number of methoxy groups -OCH3 is 1. The second-order valence-electron chi connectivity index (χ2n) is 4.33. The van der Waals surface area contributed by atoms with Crippen molar-refractivity contribution in [3.05, 3.63) is 56.7 Å². The van der Waals surface area contributed by atoms with Gasteiger partial charge in [0.2, 0.25) is 0 Å². The summed E-state index contributed by atoms with van der Waals surface area (Å²) in [4.78, 5) is 4.31. The van der Waals surface area contributed by atoms with E-state index >= 15 is 0 Å². The van der Waals surface area contributed by atoms with Gasteiger partial charge in [0.25, 0.3) is 0 Å². The summed E-state index contributed by atoms with van der Waals surface area (Å²) in [5, 5.41) is 3.42. The zero-order valence-corrected chi connectivity index (χ0v) is 14.4. The summed E-state index contributed by atoms with van der Waals surface area (Å²) >= 11 is 7.01. The molecule has 0 radical (unpaired) electrons. The summed E-state index contributed by atoms with van der Waals surface area (Å²) in [5.74, 6) is 0.874. The average Bonchev–Trinajstić information content (AvgIpc) is 2.44. The van der Waals surface area contributed by atoms with Crippen molar-refractivity contribution in [2.24, 2.45) is 0 Å². The molecule has 0 aliphatic heterocycles. The molecule has 0 unspecified atom stereocenters. The summed E-state index contributed by atoms with van der Waals surface area (Å²) in [7, 11) is 1.69. The van der Waals surface area contributed by atoms with E-state index in [1.807, 2.05) is 30.5 Å². The number of hydrogen-bond acceptors (Lipinski definition) is 3. The Morgan fingerprint density at radius 2 is 2.10 bits per heavy atom. The average molecular weight is 400 g/mol. The monoisotopic (exact) mass is 398 g/mol. The second kappa shape index (κ2) is 7.76. The van der Waals surface area contributed by atoms with Crippen LogP contribution < -0.4 is 10.1 Å². The van der Waals surface area contributed by atoms with E-state index in [-0.39, 0.29) is 0 Å². The quantitative estimate of drug-likeness (QED) is 0.746. The molecule has 0 fully saturated rings. The van der Waals surface area contributed by atoms with E-state index in [2.05, 4.69) is 48.2 Å². The molecule has 1 heterocycles. The molecule has 2 aromatic rings. The van der Waals surface area contributed by atoms with Crippen LogP contribution in [-0.2, 0) is 13.0 Å². The summed E-state index contributed by atoms with van der Waals surface area (Å²) in [6.07, 6.45) is 2.74. The van der Waals surface area contributed by atoms with E-state index < -0.39 is 0 Å². The third-order valence-electron chi connectivity index (χ3n) is 2.89. The summed E-state index contributed by atoms with van der Waals surface area (Å²) < 4.78 is 7.41. The molecule has 3 nitrogen and oxygen atoms in total. The molecule has 0 saturated heterocycles. The van der Waals surface area contributed by atoms with Crippen LogP contribution >= 0.6 is 31.9 Å². The molecule has 1 N–H and O–H groups in total. The molecule has 2 rings (SSSR count). The van der Waals surface area contributed by atoms with E-state index in [9.17, 15) is 0 Å². The Bertz CT molecular complexity index is 561. The first kappa shape index (κ1) is 15.5. The van der Waals surface area contributed by atoms with Gasteiger partial charge >= 0.3 is 0 Å². The normalized spacial score (nSPS) is 10.6. The van der Waals surface area contributed by atoms with E-state index in [0.717, 1.165) is 45.5 Å². The standard InChI is InChI=1S/C15H16Br2N2O/c1-20-15-11(8-12(16)9-14(15)17)10-18-7-5-13-4-2-3-6-19-13/h2-4,6,8-9,18H,5,7,10H2,1H3. The Morgan fingerprint density at radius 1 is 1.25 bits per heavy atom. The Labute approximate surface area is 136 Å². The number of hydrogen-bond donors (Lipinski definition) is 1. The van der Waals surface area contributed by atoms with E-state index in [4.69, 9.17) is 4.74 Å². The van der Waals surface area contributed by atoms with Crippen LogP contribution in [-0.4, -0.2) is 18.6 Å². The van der Waals surface area contributed by atoms with Crippen molar-refractivity contribution in [1.29, 1.82) is 0 Å². The first-order chi connectivity index (χ1) is 9.70. The molecule has 0 aliphatic carbocycles. The smallest absolute Gasteiger partial charge is 0.137 e. The number of nitrogens with one attached hydrogen (secondary N) is 1. The Balaban J connectivity index is 1.91. The fraction of sp³-hybridized carbons (Fsp3) is 0.267. The molecule has 5 heteroatoms. The number of benzene rings is 1. The minimum Gasteiger partial charge on any atom is -0.495 e. The highest BCUT2D eigenvalue weighted by atomic mass is 79.9. The molecule has 0 aliphatic rings. The lowest BCUT2D eigenvalue weighted by molar-refractivity contribution is 0.405. The highest BCUT2D eigenvalue weighted by Gasteiger charge is 2.08. The maximum absolute atomic E-state index is 5.43. The zero-order chi connectivity index (χ0) is 14.4. The van der Waals surface area contributed by atoms with Crippen LogP contribution in [0.1, 0.15) is 11.3 Å². The van der Waals surface area contributed by atoms with Gasteiger partial charge in [-0.2, -0.15) is 0 Å². The van der Waals surface area contributed by atoms with Crippen LogP contribution in [0.5, 0.6) is 5.75 Å². The van der Waals surface area contributed by atoms with Gasteiger partial charge < -0.3 is 10.1 Å². The van der Waals surface area contributed by atoms with Crippen LogP contribution in [0, 0.1) is 0 Å². The van der Waals surface area contributed by atoms with Crippen molar-refractivity contribution in [2.45, 2.75) is 13.0 Å². The highest BCUT2D eigenvalue weighted by molar-refractivity contribution is 9.11. The predicted octanol–water partition coefficient (Wildman–Crippen LogP) is 3.95. The number of ether oxygens (including phenoxy) is 1. The molecule has 1 aromatic heterocycles. The molecule has 0 amide bonds. The maximum Gasteiger partial charge on any atom is 0.137 e. The summed E-state index contributed by atoms with van der Waals surface area (Å²) in [6.45, 7) is 1.64. The molecule has 0 bridgehead atoms. The van der Waals surface area contributed by atoms with E-state index in [1.165, 1.54) is 0 Å². The fourth-order valence-electron chi connectivity index (χ4n) is 1.96. The molecular formula is C15H16Br2N2O. The van der Waals surface area contributed by atoms with Crippen LogP contribution in [0.4, 0.5) is 0 Å². The van der Waals surface area contributed by atoms with E-state index in [0.29, 0.717) is 0 Å². The van der Waals surface area contributed by atoms with Gasteiger partial charge in [0.15, 0.2) is 0 Å². The first-order valence-electron chi connectivity index (χ1n) is 6.33. The third-order valence-corrected chi connectivity index (χ3v) is 3.94. The van der Waals surface area contributed by atoms with Crippen molar-refractivity contribution in [2.75, 3.05) is 13.7 Å². The minimum absolute atomic E-state index is 0.758. The van der Waals surface area contributed by atoms with Gasteiger partial charge in [-0.25, -0.2) is 0 Å². The van der Waals surface area contributed by atoms with Crippen LogP contribution in [0.3, 0.4) is 0 Å². The maximum atomic E-state index is 5.43. The number of pyridine rings is 1. The lowest BCUT2D eigenvalue weighted by Crippen LogP contribution is -2.17. The molecule has 106 valence electrons. The van der Waals surface area contributed by atoms with Crippen LogP contribution in [0.15, 0.2) is 45.5 Å². The highest BCUT2D eigenvalue weighted by Crippen LogP contribution is 2.32. The van der Waals surface area contributed by atoms with Gasteiger partial charge in [-0.15, -0.1) is 0 Å². The van der Waals surface area contributed by atoms with Gasteiger partial charge in [0.1, 0.15) is 5.75 Å². The topological polar surface area (TPSA) is 34.1 Å². The molecule has 1 aromatic carbocycles. The van der Waals surface area contributed by atoms with Crippen LogP contribution in [0.25, 0.3) is 0 Å². The van der Waals surface area contributed by atoms with Crippen molar-refractivity contribution >= 4 is 31.9 Å². The number of halogens is 2. The number of rotatable bonds is 6. The molecular weight excluding hydrogens is 384 g/mol. The third kappa shape index (κ3) is 4.30. The fourth-order valence-corrected chi connectivity index (χ4v) is 3.43. The van der Waals surface area contributed by atoms with Gasteiger partial charge in [-0.1, -0.05) is 22.0 Å². The van der Waals surface area contributed by atoms with Crippen molar-refractivity contribution in [3.63, 3.8) is 0 Å². The lowest BCUT2D eigenvalue weighted by Gasteiger charge is -2.12. The molecule has 0 spiro atoms. The van der Waals surface area contributed by atoms with Gasteiger partial charge in [-0.3, -0.25) is 4.98 Å². The van der Waals surface area contributed by atoms with Gasteiger partial charge in [0.05, 0.1) is 11.6 Å². The van der Waals surface area contributed by atoms with Crippen molar-refractivity contribution in [1.82, 2.24) is 10.3 Å². The predicted molar refractivity (Wildman–Crippen MR) is 88.0 cm³/mol. The second-order valence-corrected chi connectivity index (χ2v) is 6.10. The largest absolute Gasteiger partial charge is 0.495 e. The summed E-state index contributed by atoms with van der Waals surface area (Å²) in [5.41, 5.74) is 2.22. The number of aromatic nitrogens is 1. The van der Waals surface area contributed by atoms with Crippen LogP contribution in [0.2, 0.25) is 0 Å². The Kier molecular flexibility index (Phi) is 6.01. The van der Waals surface area contributed by atoms with E-state index in [1.54, 1.807) is 7.11 Å². The minimum atomic E-state index is 0.758. The SMILES string of the molecule is COc1c(Br)cc(Br)cc1CNCCc1ccccn1. The molecule has 0 saturated carbocycles. The Morgan fingerprint density at radius 3 is 2.80 bits per heavy atom. The number of nitrogens with zero attached hydrogens (tertiary/aromatic N) is 1. The molecule has 0 atom stereocenters. The summed E-state index contributed by atoms with van der Waals surface area (Å²) in [6, 6.07) is 10.0. The zero-order valence-electron chi connectivity index (χ0n) is 11.2. The van der Waals surface area contributed by atoms with Gasteiger partial charge in [-0.05, 0) is 40.2 Å². The van der Waals surface area contributed by atoms with Crippen molar-refractivity contribution < 1.29 is 4.74 Å². The van der Waals surface area contributed by atoms with Gasteiger partial charge in [0, 0.05) is 41.4 Å².